The van der Waals surface area contributed by atoms with Crippen LogP contribution in [0.4, 0.5) is 13.2 Å². The number of nitrogens with zero attached hydrogens (tertiary/aromatic N) is 1. The molecule has 1 aromatic heterocycles. The van der Waals surface area contributed by atoms with Gasteiger partial charge in [0.25, 0.3) is 0 Å². The van der Waals surface area contributed by atoms with Crippen LogP contribution in [0.3, 0.4) is 0 Å². The molecule has 0 saturated carbocycles. The van der Waals surface area contributed by atoms with Gasteiger partial charge in [-0.15, -0.1) is 22.9 Å². The van der Waals surface area contributed by atoms with Crippen molar-refractivity contribution in [3.63, 3.8) is 0 Å². The number of piperidine rings is 1. The van der Waals surface area contributed by atoms with Gasteiger partial charge >= 0.3 is 6.18 Å². The Morgan fingerprint density at radius 3 is 2.75 bits per heavy atom. The minimum Gasteiger partial charge on any atom is -0.207 e. The van der Waals surface area contributed by atoms with Crippen molar-refractivity contribution in [1.82, 2.24) is 4.31 Å². The van der Waals surface area contributed by atoms with E-state index in [4.69, 9.17) is 11.6 Å². The van der Waals surface area contributed by atoms with Crippen LogP contribution < -0.4 is 0 Å². The minimum absolute atomic E-state index is 0.0263. The van der Waals surface area contributed by atoms with Crippen LogP contribution in [0.2, 0.25) is 0 Å². The minimum atomic E-state index is -4.36. The zero-order chi connectivity index (χ0) is 15.0. The fourth-order valence-electron chi connectivity index (χ4n) is 2.22. The van der Waals surface area contributed by atoms with E-state index in [9.17, 15) is 21.6 Å². The molecule has 0 amide bonds. The van der Waals surface area contributed by atoms with E-state index in [1.807, 2.05) is 0 Å². The van der Waals surface area contributed by atoms with Crippen molar-refractivity contribution in [2.45, 2.75) is 29.8 Å². The molecule has 20 heavy (non-hydrogen) atoms. The van der Waals surface area contributed by atoms with Gasteiger partial charge in [-0.1, -0.05) is 0 Å². The van der Waals surface area contributed by atoms with Gasteiger partial charge in [-0.2, -0.15) is 17.5 Å². The first-order chi connectivity index (χ1) is 9.26. The van der Waals surface area contributed by atoms with Gasteiger partial charge in [0, 0.05) is 18.0 Å². The second-order valence-corrected chi connectivity index (χ2v) is 7.76. The highest BCUT2D eigenvalue weighted by Gasteiger charge is 2.44. The summed E-state index contributed by atoms with van der Waals surface area (Å²) in [5.74, 6) is -1.56. The van der Waals surface area contributed by atoms with Crippen molar-refractivity contribution in [2.24, 2.45) is 5.92 Å². The predicted octanol–water partition coefficient (Wildman–Crippen LogP) is 3.45. The molecule has 9 heteroatoms. The smallest absolute Gasteiger partial charge is 0.207 e. The third kappa shape index (κ3) is 3.13. The third-order valence-corrected chi connectivity index (χ3v) is 6.72. The summed E-state index contributed by atoms with van der Waals surface area (Å²) in [5.41, 5.74) is 0. The van der Waals surface area contributed by atoms with Crippen LogP contribution in [-0.4, -0.2) is 32.0 Å². The number of hydrogen-bond acceptors (Lipinski definition) is 3. The molecule has 1 aromatic rings. The van der Waals surface area contributed by atoms with Gasteiger partial charge in [-0.3, -0.25) is 0 Å². The summed E-state index contributed by atoms with van der Waals surface area (Å²) in [7, 11) is -3.90. The van der Waals surface area contributed by atoms with E-state index in [2.05, 4.69) is 0 Å². The van der Waals surface area contributed by atoms with E-state index in [-0.39, 0.29) is 30.2 Å². The molecule has 1 aliphatic rings. The van der Waals surface area contributed by atoms with Crippen molar-refractivity contribution in [2.75, 3.05) is 13.1 Å². The quantitative estimate of drug-likeness (QED) is 0.785. The molecular formula is C11H13ClF3NO2S2. The van der Waals surface area contributed by atoms with Gasteiger partial charge in [0.2, 0.25) is 10.0 Å². The Kier molecular flexibility index (Phi) is 4.68. The van der Waals surface area contributed by atoms with Crippen molar-refractivity contribution in [1.29, 1.82) is 0 Å². The van der Waals surface area contributed by atoms with E-state index in [1.54, 1.807) is 5.38 Å². The monoisotopic (exact) mass is 347 g/mol. The zero-order valence-electron chi connectivity index (χ0n) is 10.4. The molecule has 1 fully saturated rings. The topological polar surface area (TPSA) is 37.4 Å². The van der Waals surface area contributed by atoms with Gasteiger partial charge in [0.05, 0.1) is 16.7 Å². The summed E-state index contributed by atoms with van der Waals surface area (Å²) < 4.78 is 64.0. The maximum atomic E-state index is 12.8. The lowest BCUT2D eigenvalue weighted by atomic mass is 9.99. The predicted molar refractivity (Wildman–Crippen MR) is 71.4 cm³/mol. The molecule has 1 unspecified atom stereocenters. The Labute approximate surface area is 124 Å². The molecule has 1 atom stereocenters. The summed E-state index contributed by atoms with van der Waals surface area (Å²) >= 11 is 6.85. The fourth-order valence-corrected chi connectivity index (χ4v) is 5.42. The van der Waals surface area contributed by atoms with Crippen molar-refractivity contribution < 1.29 is 21.6 Å². The van der Waals surface area contributed by atoms with Crippen LogP contribution in [-0.2, 0) is 15.9 Å². The Balaban J connectivity index is 2.26. The van der Waals surface area contributed by atoms with Crippen LogP contribution >= 0.6 is 22.9 Å². The number of alkyl halides is 4. The van der Waals surface area contributed by atoms with E-state index in [0.717, 1.165) is 4.31 Å². The number of sulfonamides is 1. The molecular weight excluding hydrogens is 335 g/mol. The molecule has 0 radical (unpaired) electrons. The van der Waals surface area contributed by atoms with Crippen LogP contribution in [0, 0.1) is 5.92 Å². The Hall–Kier alpha value is -0.310. The number of rotatable bonds is 3. The lowest BCUT2D eigenvalue weighted by Crippen LogP contribution is -2.44. The van der Waals surface area contributed by atoms with E-state index >= 15 is 0 Å². The highest BCUT2D eigenvalue weighted by molar-refractivity contribution is 7.89. The molecule has 0 aliphatic carbocycles. The molecule has 0 spiro atoms. The van der Waals surface area contributed by atoms with Crippen LogP contribution in [0.15, 0.2) is 16.3 Å². The average molecular weight is 348 g/mol. The molecule has 2 rings (SSSR count). The molecule has 114 valence electrons. The molecule has 1 aliphatic heterocycles. The van der Waals surface area contributed by atoms with Gasteiger partial charge in [-0.05, 0) is 24.3 Å². The third-order valence-electron chi connectivity index (χ3n) is 3.29. The molecule has 0 bridgehead atoms. The fraction of sp³-hybridized carbons (Fsp3) is 0.636. The highest BCUT2D eigenvalue weighted by atomic mass is 35.5. The molecule has 3 nitrogen and oxygen atoms in total. The largest absolute Gasteiger partial charge is 0.393 e. The lowest BCUT2D eigenvalue weighted by Gasteiger charge is -2.32. The van der Waals surface area contributed by atoms with Gasteiger partial charge < -0.3 is 0 Å². The summed E-state index contributed by atoms with van der Waals surface area (Å²) in [6, 6.07) is 1.40. The Morgan fingerprint density at radius 1 is 1.45 bits per heavy atom. The first kappa shape index (κ1) is 16.1. The number of thiophene rings is 1. The Morgan fingerprint density at radius 2 is 2.15 bits per heavy atom. The first-order valence-electron chi connectivity index (χ1n) is 5.96. The maximum absolute atomic E-state index is 12.8. The summed E-state index contributed by atoms with van der Waals surface area (Å²) in [5, 5.41) is 1.58. The number of hydrogen-bond donors (Lipinski definition) is 0. The second-order valence-electron chi connectivity index (χ2n) is 4.59. The van der Waals surface area contributed by atoms with Crippen molar-refractivity contribution in [3.05, 3.63) is 16.3 Å². The zero-order valence-corrected chi connectivity index (χ0v) is 12.7. The normalized spacial score (nSPS) is 22.1. The van der Waals surface area contributed by atoms with Crippen molar-refractivity contribution in [3.8, 4) is 0 Å². The SMILES string of the molecule is O=S(=O)(c1ccsc1CCl)N1CCCC(C(F)(F)F)C1. The average Bonchev–Trinajstić information content (AvgIpc) is 2.87. The molecule has 0 aromatic carbocycles. The van der Waals surface area contributed by atoms with Gasteiger partial charge in [0.1, 0.15) is 0 Å². The van der Waals surface area contributed by atoms with Crippen LogP contribution in [0.25, 0.3) is 0 Å². The molecule has 2 heterocycles. The summed E-state index contributed by atoms with van der Waals surface area (Å²) in [4.78, 5) is 0.487. The van der Waals surface area contributed by atoms with Crippen LogP contribution in [0.5, 0.6) is 0 Å². The first-order valence-corrected chi connectivity index (χ1v) is 8.81. The van der Waals surface area contributed by atoms with Crippen LogP contribution in [0.1, 0.15) is 17.7 Å². The highest BCUT2D eigenvalue weighted by Crippen LogP contribution is 2.36. The van der Waals surface area contributed by atoms with Crippen molar-refractivity contribution >= 4 is 33.0 Å². The van der Waals surface area contributed by atoms with Gasteiger partial charge in [-0.25, -0.2) is 8.42 Å². The van der Waals surface area contributed by atoms with Gasteiger partial charge in [0.15, 0.2) is 0 Å². The second kappa shape index (κ2) is 5.82. The number of halogens is 4. The van der Waals surface area contributed by atoms with E-state index in [1.165, 1.54) is 17.4 Å². The summed E-state index contributed by atoms with van der Waals surface area (Å²) in [6.07, 6.45) is -4.18. The van der Waals surface area contributed by atoms with E-state index in [0.29, 0.717) is 4.88 Å². The lowest BCUT2D eigenvalue weighted by molar-refractivity contribution is -0.182. The van der Waals surface area contributed by atoms with E-state index < -0.39 is 28.7 Å². The maximum Gasteiger partial charge on any atom is 0.393 e. The summed E-state index contributed by atoms with van der Waals surface area (Å²) in [6.45, 7) is -0.393. The molecule has 0 N–H and O–H groups in total. The standard InChI is InChI=1S/C11H13ClF3NO2S2/c12-6-9-10(3-5-19-9)20(17,18)16-4-1-2-8(7-16)11(13,14)15/h3,5,8H,1-2,4,6-7H2. The molecule has 1 saturated heterocycles. The Bertz CT molecular complexity index is 570.